The molecule has 0 bridgehead atoms. The predicted molar refractivity (Wildman–Crippen MR) is 103 cm³/mol. The highest BCUT2D eigenvalue weighted by Crippen LogP contribution is 2.32. The average Bonchev–Trinajstić information content (AvgIpc) is 3.00. The first-order valence-electron chi connectivity index (χ1n) is 8.60. The molecule has 26 heavy (non-hydrogen) atoms. The van der Waals surface area contributed by atoms with E-state index in [-0.39, 0.29) is 12.1 Å². The molecule has 0 spiro atoms. The van der Waals surface area contributed by atoms with Crippen LogP contribution in [0.25, 0.3) is 16.6 Å². The topological polar surface area (TPSA) is 87.6 Å². The molecule has 3 rings (SSSR count). The molecule has 1 aromatic carbocycles. The van der Waals surface area contributed by atoms with Crippen molar-refractivity contribution in [2.24, 2.45) is 0 Å². The average molecular weight is 359 g/mol. The third-order valence-corrected chi connectivity index (χ3v) is 4.87. The number of aromatic nitrogens is 4. The zero-order chi connectivity index (χ0) is 19.3. The van der Waals surface area contributed by atoms with Gasteiger partial charge in [0.2, 0.25) is 11.7 Å². The number of hydrogen-bond donors (Lipinski definition) is 1. The minimum Gasteiger partial charge on any atom is -0.494 e. The van der Waals surface area contributed by atoms with Crippen LogP contribution in [-0.2, 0) is 4.74 Å². The Balaban J connectivity index is 2.24. The number of quaternary nitrogens is 1. The van der Waals surface area contributed by atoms with Gasteiger partial charge in [-0.3, -0.25) is 0 Å². The van der Waals surface area contributed by atoms with Crippen LogP contribution in [0.15, 0.2) is 18.2 Å². The molecule has 2 N–H and O–H groups in total. The van der Waals surface area contributed by atoms with Gasteiger partial charge in [-0.2, -0.15) is 9.50 Å². The van der Waals surface area contributed by atoms with Crippen LogP contribution < -0.4 is 15.0 Å². The van der Waals surface area contributed by atoms with Crippen LogP contribution in [0.3, 0.4) is 0 Å². The summed E-state index contributed by atoms with van der Waals surface area (Å²) in [6.07, 6.45) is 0.0799. The highest BCUT2D eigenvalue weighted by Gasteiger charge is 2.44. The second kappa shape index (κ2) is 6.07. The van der Waals surface area contributed by atoms with Crippen molar-refractivity contribution in [2.75, 3.05) is 26.9 Å². The van der Waals surface area contributed by atoms with Crippen LogP contribution in [0.5, 0.6) is 5.75 Å². The fraction of sp³-hybridized carbons (Fsp3) is 0.500. The maximum absolute atomic E-state index is 6.15. The number of methoxy groups -OCH3 is 1. The van der Waals surface area contributed by atoms with Gasteiger partial charge in [-0.1, -0.05) is 11.2 Å². The van der Waals surface area contributed by atoms with E-state index in [0.29, 0.717) is 27.3 Å². The maximum Gasteiger partial charge on any atom is 0.350 e. The lowest BCUT2D eigenvalue weighted by molar-refractivity contribution is -0.135. The van der Waals surface area contributed by atoms with E-state index >= 15 is 0 Å². The van der Waals surface area contributed by atoms with Crippen molar-refractivity contribution in [1.29, 1.82) is 0 Å². The van der Waals surface area contributed by atoms with E-state index in [1.54, 1.807) is 11.6 Å². The van der Waals surface area contributed by atoms with Crippen LogP contribution in [0.4, 0.5) is 11.9 Å². The van der Waals surface area contributed by atoms with E-state index in [1.807, 2.05) is 60.0 Å². The van der Waals surface area contributed by atoms with Gasteiger partial charge >= 0.3 is 5.95 Å². The monoisotopic (exact) mass is 359 g/mol. The quantitative estimate of drug-likeness (QED) is 0.556. The fourth-order valence-corrected chi connectivity index (χ4v) is 2.97. The molecular formula is C18H27N6O2+. The number of hydrogen-bond acceptors (Lipinski definition) is 6. The zero-order valence-electron chi connectivity index (χ0n) is 16.4. The van der Waals surface area contributed by atoms with E-state index in [4.69, 9.17) is 20.2 Å². The first kappa shape index (κ1) is 18.3. The Morgan fingerprint density at radius 2 is 1.88 bits per heavy atom. The molecular weight excluding hydrogens is 332 g/mol. The molecule has 2 heterocycles. The number of ether oxygens (including phenoxy) is 2. The Hall–Kier alpha value is -2.45. The molecule has 8 heteroatoms. The summed E-state index contributed by atoms with van der Waals surface area (Å²) < 4.78 is 13.4. The molecule has 8 nitrogen and oxygen atoms in total. The number of fused-ring (bicyclic) bond motifs is 3. The molecule has 0 saturated carbocycles. The molecule has 3 aromatic rings. The van der Waals surface area contributed by atoms with E-state index in [2.05, 4.69) is 10.1 Å². The number of anilines is 1. The zero-order valence-corrected chi connectivity index (χ0v) is 16.4. The van der Waals surface area contributed by atoms with Crippen LogP contribution in [-0.4, -0.2) is 52.6 Å². The minimum atomic E-state index is -0.533. The predicted octanol–water partition coefficient (Wildman–Crippen LogP) is 2.60. The number of nitrogens with two attached hydrogens (primary N) is 1. The number of benzene rings is 1. The summed E-state index contributed by atoms with van der Waals surface area (Å²) in [7, 11) is 5.64. The van der Waals surface area contributed by atoms with Gasteiger partial charge in [0, 0.05) is 19.2 Å². The highest BCUT2D eigenvalue weighted by atomic mass is 16.5. The van der Waals surface area contributed by atoms with Gasteiger partial charge < -0.3 is 15.2 Å². The van der Waals surface area contributed by atoms with Crippen LogP contribution in [0.1, 0.15) is 27.7 Å². The van der Waals surface area contributed by atoms with Crippen molar-refractivity contribution in [3.63, 3.8) is 0 Å². The molecule has 0 fully saturated rings. The summed E-state index contributed by atoms with van der Waals surface area (Å²) in [5.74, 6) is 1.51. The largest absolute Gasteiger partial charge is 0.494 e. The molecule has 0 aliphatic rings. The van der Waals surface area contributed by atoms with Gasteiger partial charge in [-0.15, -0.1) is 0 Å². The number of para-hydroxylation sites is 1. The molecule has 0 saturated heterocycles. The number of nitrogens with zero attached hydrogens (tertiary/aromatic N) is 5. The first-order valence-corrected chi connectivity index (χ1v) is 8.60. The van der Waals surface area contributed by atoms with Gasteiger partial charge in [-0.25, -0.2) is 9.47 Å². The summed E-state index contributed by atoms with van der Waals surface area (Å²) >= 11 is 0. The minimum absolute atomic E-state index is 0.0799. The van der Waals surface area contributed by atoms with E-state index in [9.17, 15) is 0 Å². The second-order valence-corrected chi connectivity index (χ2v) is 7.54. The molecule has 0 amide bonds. The normalized spacial score (nSPS) is 13.1. The van der Waals surface area contributed by atoms with Gasteiger partial charge in [-0.05, 0) is 26.0 Å². The van der Waals surface area contributed by atoms with Crippen LogP contribution >= 0.6 is 0 Å². The summed E-state index contributed by atoms with van der Waals surface area (Å²) in [6, 6.07) is 5.69. The van der Waals surface area contributed by atoms with E-state index in [1.165, 1.54) is 0 Å². The smallest absolute Gasteiger partial charge is 0.350 e. The summed E-state index contributed by atoms with van der Waals surface area (Å²) in [5.41, 5.74) is 6.93. The van der Waals surface area contributed by atoms with Gasteiger partial charge in [0.25, 0.3) is 0 Å². The van der Waals surface area contributed by atoms with Crippen molar-refractivity contribution in [3.05, 3.63) is 18.2 Å². The lowest BCUT2D eigenvalue weighted by atomic mass is 10.2. The van der Waals surface area contributed by atoms with Gasteiger partial charge in [0.05, 0.1) is 27.3 Å². The number of rotatable bonds is 5. The Labute approximate surface area is 153 Å². The summed E-state index contributed by atoms with van der Waals surface area (Å²) in [5, 5.41) is 5.47. The Bertz CT molecular complexity index is 961. The molecule has 0 atom stereocenters. The number of nitrogen functional groups attached to an aromatic ring is 1. The molecule has 140 valence electrons. The highest BCUT2D eigenvalue weighted by molar-refractivity contribution is 5.96. The van der Waals surface area contributed by atoms with E-state index in [0.717, 1.165) is 5.39 Å². The summed E-state index contributed by atoms with van der Waals surface area (Å²) in [6.45, 7) is 8.09. The Morgan fingerprint density at radius 1 is 1.19 bits per heavy atom. The fourth-order valence-electron chi connectivity index (χ4n) is 2.97. The van der Waals surface area contributed by atoms with Crippen LogP contribution in [0, 0.1) is 0 Å². The molecule has 0 aliphatic heterocycles. The van der Waals surface area contributed by atoms with Crippen molar-refractivity contribution in [3.8, 4) is 5.75 Å². The van der Waals surface area contributed by atoms with Gasteiger partial charge in [0.1, 0.15) is 11.3 Å². The van der Waals surface area contributed by atoms with E-state index < -0.39 is 5.72 Å². The SMILES string of the molecule is COc1cccc2c1nc(N)n1nc([N+](C)(C)C(C)(C)OC(C)C)nc21. The van der Waals surface area contributed by atoms with Crippen molar-refractivity contribution in [1.82, 2.24) is 24.1 Å². The second-order valence-electron chi connectivity index (χ2n) is 7.54. The molecule has 2 aromatic heterocycles. The maximum atomic E-state index is 6.15. The lowest BCUT2D eigenvalue weighted by Gasteiger charge is -2.41. The van der Waals surface area contributed by atoms with Crippen molar-refractivity contribution < 1.29 is 9.47 Å². The van der Waals surface area contributed by atoms with Gasteiger partial charge in [0.15, 0.2) is 5.65 Å². The molecule has 0 radical (unpaired) electrons. The third kappa shape index (κ3) is 2.75. The third-order valence-electron chi connectivity index (χ3n) is 4.87. The molecule has 0 unspecified atom stereocenters. The van der Waals surface area contributed by atoms with Crippen LogP contribution in [0.2, 0.25) is 0 Å². The standard InChI is InChI=1S/C18H27N6O2/c1-11(2)26-18(3,4)24(5,6)17-21-15-12-9-8-10-13(25-7)14(12)20-16(19)23(15)22-17/h8-11H,1-7H3,(H2,19,20)/q+1. The van der Waals surface area contributed by atoms with Crippen molar-refractivity contribution in [2.45, 2.75) is 39.5 Å². The summed E-state index contributed by atoms with van der Waals surface area (Å²) in [4.78, 5) is 9.25. The van der Waals surface area contributed by atoms with Crippen molar-refractivity contribution >= 4 is 28.4 Å². The first-order chi connectivity index (χ1) is 12.1. The lowest BCUT2D eigenvalue weighted by Crippen LogP contribution is -2.60. The Morgan fingerprint density at radius 3 is 2.50 bits per heavy atom. The molecule has 0 aliphatic carbocycles. The Kier molecular flexibility index (Phi) is 4.28.